The first-order chi connectivity index (χ1) is 21.9. The molecule has 0 spiro atoms. The van der Waals surface area contributed by atoms with Gasteiger partial charge in [-0.25, -0.2) is 0 Å². The Bertz CT molecular complexity index is 1970. The molecule has 0 radical (unpaired) electrons. The quantitative estimate of drug-likeness (QED) is 0.209. The van der Waals surface area contributed by atoms with Gasteiger partial charge in [0.1, 0.15) is 5.75 Å². The average Bonchev–Trinajstić information content (AvgIpc) is 3.02. The van der Waals surface area contributed by atoms with E-state index in [9.17, 15) is 5.11 Å². The molecular weight excluding hydrogens is 556 g/mol. The molecule has 6 aromatic rings. The molecule has 0 aromatic heterocycles. The smallest absolute Gasteiger partial charge is 0.131 e. The summed E-state index contributed by atoms with van der Waals surface area (Å²) < 4.78 is 0. The third kappa shape index (κ3) is 6.15. The van der Waals surface area contributed by atoms with Crippen LogP contribution in [0.2, 0.25) is 0 Å². The summed E-state index contributed by atoms with van der Waals surface area (Å²) in [7, 11) is 0. The molecule has 230 valence electrons. The molecular formula is C45H44O. The highest BCUT2D eigenvalue weighted by Gasteiger charge is 2.25. The molecule has 0 unspecified atom stereocenters. The maximum atomic E-state index is 12.6. The normalized spacial score (nSPS) is 11.6. The van der Waals surface area contributed by atoms with E-state index in [0.717, 1.165) is 55.6 Å². The molecule has 46 heavy (non-hydrogen) atoms. The van der Waals surface area contributed by atoms with E-state index in [1.54, 1.807) is 0 Å². The van der Waals surface area contributed by atoms with Crippen LogP contribution in [0.4, 0.5) is 0 Å². The largest absolute Gasteiger partial charge is 0.507 e. The van der Waals surface area contributed by atoms with Crippen LogP contribution in [0.15, 0.2) is 115 Å². The number of aromatic hydroxyl groups is 1. The number of aryl methyl sites for hydroxylation is 5. The minimum Gasteiger partial charge on any atom is -0.507 e. The summed E-state index contributed by atoms with van der Waals surface area (Å²) in [5.74, 6) is 0.302. The molecule has 0 aliphatic carbocycles. The van der Waals surface area contributed by atoms with Gasteiger partial charge in [0.05, 0.1) is 0 Å². The second-order valence-electron chi connectivity index (χ2n) is 14.1. The Kier molecular flexibility index (Phi) is 8.21. The number of benzene rings is 6. The number of phenols is 1. The highest BCUT2D eigenvalue weighted by molar-refractivity contribution is 6.00. The molecule has 6 aromatic carbocycles. The SMILES string of the molecule is Cc1ccc(-c2cc(C)ccc2-c2cc(C(C)(C)C)cc(-c3c(-c4ccc(C)cc4)cc(C)cc3-c3ccc(C)cc3)c2O)cc1. The van der Waals surface area contributed by atoms with Gasteiger partial charge in [-0.2, -0.15) is 0 Å². The zero-order valence-electron chi connectivity index (χ0n) is 28.4. The van der Waals surface area contributed by atoms with Crippen LogP contribution in [0.3, 0.4) is 0 Å². The van der Waals surface area contributed by atoms with Gasteiger partial charge in [0.15, 0.2) is 0 Å². The summed E-state index contributed by atoms with van der Waals surface area (Å²) in [6.07, 6.45) is 0. The molecule has 1 heteroatoms. The lowest BCUT2D eigenvalue weighted by atomic mass is 9.79. The fourth-order valence-corrected chi connectivity index (χ4v) is 6.33. The fourth-order valence-electron chi connectivity index (χ4n) is 6.33. The molecule has 0 heterocycles. The lowest BCUT2D eigenvalue weighted by Crippen LogP contribution is -2.11. The van der Waals surface area contributed by atoms with Gasteiger partial charge in [-0.3, -0.25) is 0 Å². The Balaban J connectivity index is 1.73. The average molecular weight is 601 g/mol. The zero-order valence-corrected chi connectivity index (χ0v) is 28.4. The molecule has 0 aliphatic rings. The number of hydrogen-bond donors (Lipinski definition) is 1. The van der Waals surface area contributed by atoms with Crippen molar-refractivity contribution in [3.05, 3.63) is 149 Å². The fraction of sp³-hybridized carbons (Fsp3) is 0.200. The number of rotatable bonds is 5. The molecule has 0 atom stereocenters. The van der Waals surface area contributed by atoms with Crippen molar-refractivity contribution in [3.8, 4) is 61.4 Å². The van der Waals surface area contributed by atoms with Crippen molar-refractivity contribution >= 4 is 0 Å². The van der Waals surface area contributed by atoms with Crippen LogP contribution in [0.25, 0.3) is 55.6 Å². The summed E-state index contributed by atoms with van der Waals surface area (Å²) in [6.45, 7) is 17.4. The molecule has 6 rings (SSSR count). The Labute approximate surface area is 275 Å². The minimum absolute atomic E-state index is 0.148. The second-order valence-corrected chi connectivity index (χ2v) is 14.1. The van der Waals surface area contributed by atoms with Gasteiger partial charge >= 0.3 is 0 Å². The maximum absolute atomic E-state index is 12.6. The van der Waals surface area contributed by atoms with E-state index >= 15 is 0 Å². The summed E-state index contributed by atoms with van der Waals surface area (Å²) in [4.78, 5) is 0. The Morgan fingerprint density at radius 3 is 1.22 bits per heavy atom. The van der Waals surface area contributed by atoms with Gasteiger partial charge in [0.2, 0.25) is 0 Å². The van der Waals surface area contributed by atoms with Crippen molar-refractivity contribution in [1.82, 2.24) is 0 Å². The summed E-state index contributed by atoms with van der Waals surface area (Å²) in [6, 6.07) is 41.7. The Morgan fingerprint density at radius 1 is 0.370 bits per heavy atom. The molecule has 1 N–H and O–H groups in total. The van der Waals surface area contributed by atoms with E-state index in [0.29, 0.717) is 5.75 Å². The first-order valence-electron chi connectivity index (χ1n) is 16.2. The maximum Gasteiger partial charge on any atom is 0.131 e. The highest BCUT2D eigenvalue weighted by atomic mass is 16.3. The van der Waals surface area contributed by atoms with Gasteiger partial charge in [0.25, 0.3) is 0 Å². The van der Waals surface area contributed by atoms with Gasteiger partial charge in [0, 0.05) is 16.7 Å². The molecule has 0 aliphatic heterocycles. The number of phenolic OH excluding ortho intramolecular Hbond substituents is 1. The monoisotopic (exact) mass is 600 g/mol. The number of hydrogen-bond acceptors (Lipinski definition) is 1. The van der Waals surface area contributed by atoms with Crippen molar-refractivity contribution in [2.24, 2.45) is 0 Å². The molecule has 0 saturated carbocycles. The standard InChI is InChI=1S/C45H44O/c1-28-9-16-33(17-10-28)38-23-31(4)15-22-37(38)41-26-36(45(6,7)8)27-42(44(41)46)43-39(34-18-11-29(2)12-19-34)24-32(5)25-40(43)35-20-13-30(3)14-21-35/h9-27,46H,1-8H3. The molecule has 0 fully saturated rings. The van der Waals surface area contributed by atoms with Crippen molar-refractivity contribution < 1.29 is 5.11 Å². The van der Waals surface area contributed by atoms with Crippen LogP contribution in [-0.4, -0.2) is 5.11 Å². The van der Waals surface area contributed by atoms with Gasteiger partial charge in [-0.15, -0.1) is 0 Å². The van der Waals surface area contributed by atoms with E-state index in [2.05, 4.69) is 171 Å². The van der Waals surface area contributed by atoms with Crippen LogP contribution in [0, 0.1) is 34.6 Å². The molecule has 0 saturated heterocycles. The third-order valence-corrected chi connectivity index (χ3v) is 9.08. The summed E-state index contributed by atoms with van der Waals surface area (Å²) in [5, 5.41) is 12.6. The highest BCUT2D eigenvalue weighted by Crippen LogP contribution is 2.50. The summed E-state index contributed by atoms with van der Waals surface area (Å²) >= 11 is 0. The van der Waals surface area contributed by atoms with Crippen molar-refractivity contribution in [1.29, 1.82) is 0 Å². The van der Waals surface area contributed by atoms with E-state index < -0.39 is 0 Å². The lowest BCUT2D eigenvalue weighted by Gasteiger charge is -2.26. The van der Waals surface area contributed by atoms with Gasteiger partial charge < -0.3 is 5.11 Å². The summed E-state index contributed by atoms with van der Waals surface area (Å²) in [5.41, 5.74) is 17.6. The first kappa shape index (κ1) is 31.1. The van der Waals surface area contributed by atoms with Crippen LogP contribution in [0.5, 0.6) is 5.75 Å². The topological polar surface area (TPSA) is 20.2 Å². The van der Waals surface area contributed by atoms with Crippen LogP contribution < -0.4 is 0 Å². The molecule has 1 nitrogen and oxygen atoms in total. The van der Waals surface area contributed by atoms with Crippen LogP contribution in [0.1, 0.15) is 54.2 Å². The Morgan fingerprint density at radius 2 is 0.761 bits per heavy atom. The lowest BCUT2D eigenvalue weighted by molar-refractivity contribution is 0.478. The van der Waals surface area contributed by atoms with Crippen molar-refractivity contribution in [2.75, 3.05) is 0 Å². The van der Waals surface area contributed by atoms with Crippen LogP contribution in [-0.2, 0) is 5.41 Å². The van der Waals surface area contributed by atoms with E-state index in [4.69, 9.17) is 0 Å². The van der Waals surface area contributed by atoms with E-state index in [1.165, 1.54) is 33.4 Å². The third-order valence-electron chi connectivity index (χ3n) is 9.08. The van der Waals surface area contributed by atoms with Crippen molar-refractivity contribution in [3.63, 3.8) is 0 Å². The Hall–Kier alpha value is -4.88. The van der Waals surface area contributed by atoms with Gasteiger partial charge in [-0.05, 0) is 102 Å². The van der Waals surface area contributed by atoms with Crippen LogP contribution >= 0.6 is 0 Å². The predicted molar refractivity (Wildman–Crippen MR) is 198 cm³/mol. The predicted octanol–water partition coefficient (Wildman–Crippen LogP) is 12.6. The minimum atomic E-state index is -0.148. The van der Waals surface area contributed by atoms with Gasteiger partial charge in [-0.1, -0.05) is 146 Å². The first-order valence-corrected chi connectivity index (χ1v) is 16.2. The van der Waals surface area contributed by atoms with E-state index in [1.807, 2.05) is 0 Å². The second kappa shape index (κ2) is 12.1. The zero-order chi connectivity index (χ0) is 32.7. The molecule has 0 bridgehead atoms. The van der Waals surface area contributed by atoms with Crippen molar-refractivity contribution in [2.45, 2.75) is 60.8 Å². The molecule has 0 amide bonds. The van der Waals surface area contributed by atoms with E-state index in [-0.39, 0.29) is 5.41 Å².